The Balaban J connectivity index is 3.56. The number of rotatable bonds is 5. The second kappa shape index (κ2) is 5.23. The zero-order chi connectivity index (χ0) is 8.85. The molecule has 0 aliphatic heterocycles. The second-order valence-electron chi connectivity index (χ2n) is 2.60. The van der Waals surface area contributed by atoms with E-state index in [1.54, 1.807) is 0 Å². The van der Waals surface area contributed by atoms with Gasteiger partial charge in [0.2, 0.25) is 0 Å². The molecule has 4 nitrogen and oxygen atoms in total. The Bertz CT molecular complexity index is 113. The Labute approximate surface area is 65.5 Å². The Morgan fingerprint density at radius 2 is 1.91 bits per heavy atom. The predicted octanol–water partition coefficient (Wildman–Crippen LogP) is -0.932. The van der Waals surface area contributed by atoms with Gasteiger partial charge in [0.05, 0.1) is 18.3 Å². The van der Waals surface area contributed by atoms with Crippen LogP contribution in [0.1, 0.15) is 19.8 Å². The largest absolute Gasteiger partial charge is 0.393 e. The standard InChI is InChI=1S/C7H14O4/c1-5(9)7(11)4-6(10)2-3-8/h3,5-7,9-11H,2,4H2,1H3. The van der Waals surface area contributed by atoms with Crippen LogP contribution in [0.15, 0.2) is 0 Å². The van der Waals surface area contributed by atoms with E-state index < -0.39 is 18.3 Å². The highest BCUT2D eigenvalue weighted by Gasteiger charge is 2.15. The maximum Gasteiger partial charge on any atom is 0.122 e. The Morgan fingerprint density at radius 1 is 1.36 bits per heavy atom. The van der Waals surface area contributed by atoms with Crippen LogP contribution in [0, 0.1) is 0 Å². The van der Waals surface area contributed by atoms with Crippen LogP contribution in [-0.2, 0) is 4.79 Å². The molecule has 0 saturated carbocycles. The lowest BCUT2D eigenvalue weighted by molar-refractivity contribution is -0.110. The molecule has 0 saturated heterocycles. The molecule has 0 bridgehead atoms. The third kappa shape index (κ3) is 4.89. The number of carbonyl (C=O) groups is 1. The minimum Gasteiger partial charge on any atom is -0.393 e. The van der Waals surface area contributed by atoms with E-state index in [9.17, 15) is 4.79 Å². The summed E-state index contributed by atoms with van der Waals surface area (Å²) in [5, 5.41) is 26.8. The number of aliphatic hydroxyl groups excluding tert-OH is 3. The number of aldehydes is 1. The molecular weight excluding hydrogens is 148 g/mol. The topological polar surface area (TPSA) is 77.8 Å². The van der Waals surface area contributed by atoms with E-state index >= 15 is 0 Å². The van der Waals surface area contributed by atoms with E-state index in [2.05, 4.69) is 0 Å². The molecule has 0 fully saturated rings. The zero-order valence-electron chi connectivity index (χ0n) is 6.47. The minimum absolute atomic E-state index is 0.00375. The lowest BCUT2D eigenvalue weighted by Crippen LogP contribution is -2.27. The average molecular weight is 162 g/mol. The first-order valence-electron chi connectivity index (χ1n) is 3.55. The van der Waals surface area contributed by atoms with Crippen LogP contribution in [0.4, 0.5) is 0 Å². The fourth-order valence-corrected chi connectivity index (χ4v) is 0.683. The van der Waals surface area contributed by atoms with Crippen molar-refractivity contribution in [1.29, 1.82) is 0 Å². The fraction of sp³-hybridized carbons (Fsp3) is 0.857. The minimum atomic E-state index is -0.954. The van der Waals surface area contributed by atoms with Crippen molar-refractivity contribution in [2.24, 2.45) is 0 Å². The van der Waals surface area contributed by atoms with E-state index in [0.717, 1.165) is 0 Å². The van der Waals surface area contributed by atoms with Crippen molar-refractivity contribution in [3.8, 4) is 0 Å². The molecule has 0 heterocycles. The van der Waals surface area contributed by atoms with Crippen molar-refractivity contribution in [3.63, 3.8) is 0 Å². The van der Waals surface area contributed by atoms with Gasteiger partial charge in [-0.15, -0.1) is 0 Å². The number of hydrogen-bond acceptors (Lipinski definition) is 4. The van der Waals surface area contributed by atoms with Crippen molar-refractivity contribution >= 4 is 6.29 Å². The normalized spacial score (nSPS) is 18.9. The molecular formula is C7H14O4. The smallest absolute Gasteiger partial charge is 0.122 e. The van der Waals surface area contributed by atoms with Gasteiger partial charge in [-0.3, -0.25) is 0 Å². The van der Waals surface area contributed by atoms with E-state index in [1.165, 1.54) is 6.92 Å². The van der Waals surface area contributed by atoms with Gasteiger partial charge in [0.1, 0.15) is 6.29 Å². The van der Waals surface area contributed by atoms with Crippen LogP contribution in [0.5, 0.6) is 0 Å². The third-order valence-corrected chi connectivity index (χ3v) is 1.44. The quantitative estimate of drug-likeness (QED) is 0.456. The van der Waals surface area contributed by atoms with Gasteiger partial charge in [-0.25, -0.2) is 0 Å². The summed E-state index contributed by atoms with van der Waals surface area (Å²) >= 11 is 0. The van der Waals surface area contributed by atoms with Crippen molar-refractivity contribution in [1.82, 2.24) is 0 Å². The van der Waals surface area contributed by atoms with Gasteiger partial charge in [0.25, 0.3) is 0 Å². The summed E-state index contributed by atoms with van der Waals surface area (Å²) in [6.45, 7) is 1.43. The molecule has 4 heteroatoms. The first kappa shape index (κ1) is 10.6. The van der Waals surface area contributed by atoms with Crippen LogP contribution in [0.3, 0.4) is 0 Å². The highest BCUT2D eigenvalue weighted by atomic mass is 16.3. The van der Waals surface area contributed by atoms with Crippen molar-refractivity contribution in [2.45, 2.75) is 38.1 Å². The summed E-state index contributed by atoms with van der Waals surface area (Å²) in [4.78, 5) is 9.86. The van der Waals surface area contributed by atoms with Gasteiger partial charge in [0.15, 0.2) is 0 Å². The maximum absolute atomic E-state index is 9.86. The monoisotopic (exact) mass is 162 g/mol. The average Bonchev–Trinajstić information content (AvgIpc) is 1.87. The first-order chi connectivity index (χ1) is 5.07. The van der Waals surface area contributed by atoms with Crippen LogP contribution >= 0.6 is 0 Å². The maximum atomic E-state index is 9.86. The van der Waals surface area contributed by atoms with Crippen LogP contribution in [0.2, 0.25) is 0 Å². The van der Waals surface area contributed by atoms with Gasteiger partial charge < -0.3 is 20.1 Å². The van der Waals surface area contributed by atoms with Gasteiger partial charge >= 0.3 is 0 Å². The van der Waals surface area contributed by atoms with Gasteiger partial charge in [-0.2, -0.15) is 0 Å². The molecule has 0 aliphatic rings. The lowest BCUT2D eigenvalue weighted by Gasteiger charge is -2.15. The van der Waals surface area contributed by atoms with E-state index in [1.807, 2.05) is 0 Å². The number of hydrogen-bond donors (Lipinski definition) is 3. The van der Waals surface area contributed by atoms with Crippen LogP contribution < -0.4 is 0 Å². The van der Waals surface area contributed by atoms with Crippen molar-refractivity contribution in [3.05, 3.63) is 0 Å². The molecule has 3 atom stereocenters. The summed E-state index contributed by atoms with van der Waals surface area (Å²) in [5.41, 5.74) is 0. The fourth-order valence-electron chi connectivity index (χ4n) is 0.683. The van der Waals surface area contributed by atoms with Gasteiger partial charge in [-0.05, 0) is 6.92 Å². The van der Waals surface area contributed by atoms with Gasteiger partial charge in [-0.1, -0.05) is 0 Å². The third-order valence-electron chi connectivity index (χ3n) is 1.44. The molecule has 11 heavy (non-hydrogen) atoms. The summed E-state index contributed by atoms with van der Waals surface area (Å²) in [5.74, 6) is 0. The SMILES string of the molecule is CC(O)C(O)CC(O)CC=O. The zero-order valence-corrected chi connectivity index (χ0v) is 6.47. The molecule has 0 amide bonds. The summed E-state index contributed by atoms with van der Waals surface area (Å²) in [6, 6.07) is 0. The molecule has 66 valence electrons. The van der Waals surface area contributed by atoms with E-state index in [-0.39, 0.29) is 12.8 Å². The molecule has 0 spiro atoms. The van der Waals surface area contributed by atoms with Gasteiger partial charge in [0, 0.05) is 12.8 Å². The summed E-state index contributed by atoms with van der Waals surface area (Å²) in [6.07, 6.45) is -2.04. The first-order valence-corrected chi connectivity index (χ1v) is 3.55. The Kier molecular flexibility index (Phi) is 5.02. The molecule has 0 aromatic rings. The highest BCUT2D eigenvalue weighted by molar-refractivity contribution is 5.49. The van der Waals surface area contributed by atoms with E-state index in [4.69, 9.17) is 15.3 Å². The second-order valence-corrected chi connectivity index (χ2v) is 2.60. The molecule has 0 rings (SSSR count). The molecule has 0 aliphatic carbocycles. The van der Waals surface area contributed by atoms with Crippen LogP contribution in [-0.4, -0.2) is 39.9 Å². The molecule has 0 radical (unpaired) electrons. The summed E-state index contributed by atoms with van der Waals surface area (Å²) in [7, 11) is 0. The molecule has 0 aromatic heterocycles. The number of aliphatic hydroxyl groups is 3. The van der Waals surface area contributed by atoms with Crippen molar-refractivity contribution < 1.29 is 20.1 Å². The Hall–Kier alpha value is -0.450. The van der Waals surface area contributed by atoms with Crippen LogP contribution in [0.25, 0.3) is 0 Å². The molecule has 3 unspecified atom stereocenters. The van der Waals surface area contributed by atoms with E-state index in [0.29, 0.717) is 6.29 Å². The predicted molar refractivity (Wildman–Crippen MR) is 39.0 cm³/mol. The lowest BCUT2D eigenvalue weighted by atomic mass is 10.1. The molecule has 3 N–H and O–H groups in total. The summed E-state index contributed by atoms with van der Waals surface area (Å²) < 4.78 is 0. The Morgan fingerprint density at radius 3 is 2.27 bits per heavy atom. The van der Waals surface area contributed by atoms with Crippen molar-refractivity contribution in [2.75, 3.05) is 0 Å². The number of carbonyl (C=O) groups excluding carboxylic acids is 1. The molecule has 0 aromatic carbocycles. The highest BCUT2D eigenvalue weighted by Crippen LogP contribution is 2.04.